The quantitative estimate of drug-likeness (QED) is 0.873. The minimum absolute atomic E-state index is 0.518. The molecule has 2 heteroatoms. The van der Waals surface area contributed by atoms with E-state index in [2.05, 4.69) is 54.0 Å². The number of nitrogens with one attached hydrogen (secondary N) is 2. The second-order valence-corrected chi connectivity index (χ2v) is 8.00. The Morgan fingerprint density at radius 3 is 2.65 bits per heavy atom. The summed E-state index contributed by atoms with van der Waals surface area (Å²) in [6.45, 7) is 3.55. The van der Waals surface area contributed by atoms with Crippen molar-refractivity contribution in [2.75, 3.05) is 6.54 Å². The zero-order chi connectivity index (χ0) is 15.7. The van der Waals surface area contributed by atoms with Crippen molar-refractivity contribution in [3.05, 3.63) is 41.5 Å². The van der Waals surface area contributed by atoms with Gasteiger partial charge in [0.1, 0.15) is 0 Å². The Labute approximate surface area is 140 Å². The predicted molar refractivity (Wildman–Crippen MR) is 97.3 cm³/mol. The molecule has 0 bridgehead atoms. The van der Waals surface area contributed by atoms with Crippen molar-refractivity contribution >= 4 is 6.08 Å². The lowest BCUT2D eigenvalue weighted by Gasteiger charge is -2.38. The minimum atomic E-state index is 0.518. The molecule has 1 spiro atoms. The van der Waals surface area contributed by atoms with E-state index in [9.17, 15) is 0 Å². The number of benzene rings is 1. The lowest BCUT2D eigenvalue weighted by molar-refractivity contribution is 0.223. The Kier molecular flexibility index (Phi) is 4.29. The van der Waals surface area contributed by atoms with E-state index >= 15 is 0 Å². The van der Waals surface area contributed by atoms with Gasteiger partial charge in [-0.05, 0) is 69.9 Å². The summed E-state index contributed by atoms with van der Waals surface area (Å²) in [5.41, 5.74) is 3.39. The van der Waals surface area contributed by atoms with Gasteiger partial charge < -0.3 is 10.6 Å². The molecule has 0 amide bonds. The topological polar surface area (TPSA) is 24.1 Å². The Morgan fingerprint density at radius 1 is 1.17 bits per heavy atom. The number of rotatable bonds is 4. The maximum atomic E-state index is 3.95. The fourth-order valence-electron chi connectivity index (χ4n) is 4.74. The van der Waals surface area contributed by atoms with Gasteiger partial charge in [0.25, 0.3) is 0 Å². The molecule has 3 aliphatic rings. The summed E-state index contributed by atoms with van der Waals surface area (Å²) >= 11 is 0. The monoisotopic (exact) mass is 310 g/mol. The molecule has 4 rings (SSSR count). The summed E-state index contributed by atoms with van der Waals surface area (Å²) in [6.07, 6.45) is 12.0. The van der Waals surface area contributed by atoms with Crippen LogP contribution in [0.1, 0.15) is 57.4 Å². The number of hydrogen-bond acceptors (Lipinski definition) is 2. The van der Waals surface area contributed by atoms with Gasteiger partial charge in [0, 0.05) is 17.6 Å². The standard InChI is InChI=1S/C21H30N2/c1-16(14-17-6-3-2-4-7-17)19-15-20(19)23-18-8-11-21(12-9-18)10-5-13-22-21/h2-4,6-7,14,18-20,22-23H,5,8-13,15H2,1H3/b16-14+. The van der Waals surface area contributed by atoms with Crippen molar-refractivity contribution in [2.45, 2.75) is 69.5 Å². The zero-order valence-electron chi connectivity index (χ0n) is 14.4. The van der Waals surface area contributed by atoms with Crippen LogP contribution in [0.4, 0.5) is 0 Å². The fourth-order valence-corrected chi connectivity index (χ4v) is 4.74. The van der Waals surface area contributed by atoms with E-state index in [1.54, 1.807) is 5.57 Å². The van der Waals surface area contributed by atoms with Gasteiger partial charge in [0.05, 0.1) is 0 Å². The molecule has 124 valence electrons. The predicted octanol–water partition coefficient (Wildman–Crippen LogP) is 4.13. The third kappa shape index (κ3) is 3.54. The van der Waals surface area contributed by atoms with Crippen LogP contribution in [0.2, 0.25) is 0 Å². The molecule has 2 atom stereocenters. The number of hydrogen-bond donors (Lipinski definition) is 2. The molecule has 1 aromatic rings. The van der Waals surface area contributed by atoms with Crippen molar-refractivity contribution < 1.29 is 0 Å². The van der Waals surface area contributed by atoms with Gasteiger partial charge in [-0.1, -0.05) is 42.0 Å². The van der Waals surface area contributed by atoms with Gasteiger partial charge in [0.2, 0.25) is 0 Å². The summed E-state index contributed by atoms with van der Waals surface area (Å²) in [5.74, 6) is 0.760. The van der Waals surface area contributed by atoms with E-state index in [1.165, 1.54) is 57.1 Å². The molecule has 0 aromatic heterocycles. The second-order valence-electron chi connectivity index (χ2n) is 8.00. The van der Waals surface area contributed by atoms with Crippen molar-refractivity contribution in [3.8, 4) is 0 Å². The van der Waals surface area contributed by atoms with Crippen molar-refractivity contribution in [1.29, 1.82) is 0 Å². The molecule has 2 nitrogen and oxygen atoms in total. The van der Waals surface area contributed by atoms with E-state index in [0.717, 1.165) is 18.0 Å². The van der Waals surface area contributed by atoms with Gasteiger partial charge in [-0.15, -0.1) is 0 Å². The summed E-state index contributed by atoms with van der Waals surface area (Å²) < 4.78 is 0. The van der Waals surface area contributed by atoms with E-state index in [-0.39, 0.29) is 0 Å². The van der Waals surface area contributed by atoms with Crippen LogP contribution in [0.3, 0.4) is 0 Å². The van der Waals surface area contributed by atoms with Gasteiger partial charge in [-0.25, -0.2) is 0 Å². The Bertz CT molecular complexity index is 546. The summed E-state index contributed by atoms with van der Waals surface area (Å²) in [5, 5.41) is 7.73. The van der Waals surface area contributed by atoms with Crippen molar-refractivity contribution in [2.24, 2.45) is 5.92 Å². The van der Waals surface area contributed by atoms with Gasteiger partial charge >= 0.3 is 0 Å². The van der Waals surface area contributed by atoms with Gasteiger partial charge in [-0.3, -0.25) is 0 Å². The molecule has 23 heavy (non-hydrogen) atoms. The van der Waals surface area contributed by atoms with Gasteiger partial charge in [-0.2, -0.15) is 0 Å². The van der Waals surface area contributed by atoms with Crippen molar-refractivity contribution in [3.63, 3.8) is 0 Å². The third-order valence-corrected chi connectivity index (χ3v) is 6.29. The third-order valence-electron chi connectivity index (χ3n) is 6.29. The Morgan fingerprint density at radius 2 is 1.96 bits per heavy atom. The minimum Gasteiger partial charge on any atom is -0.311 e. The molecule has 1 aliphatic heterocycles. The molecule has 2 unspecified atom stereocenters. The smallest absolute Gasteiger partial charge is 0.0183 e. The molecule has 2 saturated carbocycles. The van der Waals surface area contributed by atoms with Gasteiger partial charge in [0.15, 0.2) is 0 Å². The first-order valence-electron chi connectivity index (χ1n) is 9.48. The molecule has 0 radical (unpaired) electrons. The van der Waals surface area contributed by atoms with Crippen molar-refractivity contribution in [1.82, 2.24) is 10.6 Å². The molecule has 3 fully saturated rings. The van der Waals surface area contributed by atoms with E-state index < -0.39 is 0 Å². The van der Waals surface area contributed by atoms with E-state index in [1.807, 2.05) is 0 Å². The van der Waals surface area contributed by atoms with Crippen LogP contribution >= 0.6 is 0 Å². The first-order chi connectivity index (χ1) is 11.2. The maximum Gasteiger partial charge on any atom is 0.0183 e. The normalized spacial score (nSPS) is 37.3. The molecule has 2 aliphatic carbocycles. The van der Waals surface area contributed by atoms with E-state index in [4.69, 9.17) is 0 Å². The highest BCUT2D eigenvalue weighted by Crippen LogP contribution is 2.41. The second kappa shape index (κ2) is 6.41. The SMILES string of the molecule is C/C(=C\c1ccccc1)C1CC1NC1CCC2(CCCN2)CC1. The van der Waals surface area contributed by atoms with E-state index in [0.29, 0.717) is 5.54 Å². The van der Waals surface area contributed by atoms with Crippen LogP contribution in [0.25, 0.3) is 6.08 Å². The first kappa shape index (κ1) is 15.4. The highest BCUT2D eigenvalue weighted by molar-refractivity contribution is 5.53. The van der Waals surface area contributed by atoms with Crippen LogP contribution in [0, 0.1) is 5.92 Å². The van der Waals surface area contributed by atoms with Crippen LogP contribution in [-0.4, -0.2) is 24.2 Å². The lowest BCUT2D eigenvalue weighted by atomic mass is 9.78. The molecule has 1 saturated heterocycles. The maximum absolute atomic E-state index is 3.95. The highest BCUT2D eigenvalue weighted by Gasteiger charge is 2.42. The summed E-state index contributed by atoms with van der Waals surface area (Å²) in [6, 6.07) is 12.2. The fraction of sp³-hybridized carbons (Fsp3) is 0.619. The Hall–Kier alpha value is -1.12. The molecule has 1 heterocycles. The highest BCUT2D eigenvalue weighted by atomic mass is 15.0. The lowest BCUT2D eigenvalue weighted by Crippen LogP contribution is -2.47. The van der Waals surface area contributed by atoms with Crippen LogP contribution in [0.5, 0.6) is 0 Å². The van der Waals surface area contributed by atoms with Crippen LogP contribution < -0.4 is 10.6 Å². The van der Waals surface area contributed by atoms with Crippen LogP contribution in [0.15, 0.2) is 35.9 Å². The largest absolute Gasteiger partial charge is 0.311 e. The first-order valence-corrected chi connectivity index (χ1v) is 9.48. The zero-order valence-corrected chi connectivity index (χ0v) is 14.4. The summed E-state index contributed by atoms with van der Waals surface area (Å²) in [7, 11) is 0. The molecule has 2 N–H and O–H groups in total. The summed E-state index contributed by atoms with van der Waals surface area (Å²) in [4.78, 5) is 0. The Balaban J connectivity index is 1.27. The molecule has 1 aromatic carbocycles. The van der Waals surface area contributed by atoms with Crippen LogP contribution in [-0.2, 0) is 0 Å². The molecular formula is C21H30N2. The average molecular weight is 310 g/mol. The average Bonchev–Trinajstić information content (AvgIpc) is 3.20. The molecular weight excluding hydrogens is 280 g/mol.